The van der Waals surface area contributed by atoms with Gasteiger partial charge in [-0.3, -0.25) is 9.78 Å². The number of pyridine rings is 1. The predicted octanol–water partition coefficient (Wildman–Crippen LogP) is 9.37. The minimum atomic E-state index is -0.744. The van der Waals surface area contributed by atoms with E-state index in [1.807, 2.05) is 124 Å². The van der Waals surface area contributed by atoms with Crippen molar-refractivity contribution >= 4 is 29.2 Å². The van der Waals surface area contributed by atoms with E-state index in [0.29, 0.717) is 60.6 Å². The molecule has 1 unspecified atom stereocenters. The molecule has 0 saturated heterocycles. The molecule has 2 aliphatic rings. The number of nitrogens with zero attached hydrogens (tertiary/aromatic N) is 2. The number of ether oxygens (including phenoxy) is 4. The van der Waals surface area contributed by atoms with Crippen molar-refractivity contribution < 1.29 is 28.5 Å². The van der Waals surface area contributed by atoms with E-state index in [4.69, 9.17) is 36.3 Å². The number of nitrogens with two attached hydrogens (primary N) is 1. The Morgan fingerprint density at radius 1 is 0.902 bits per heavy atom. The smallest absolute Gasteiger partial charge is 0.318 e. The van der Waals surface area contributed by atoms with Crippen LogP contribution in [0.2, 0.25) is 5.02 Å². The van der Waals surface area contributed by atoms with E-state index in [9.17, 15) is 9.59 Å². The van der Waals surface area contributed by atoms with Crippen LogP contribution in [0.1, 0.15) is 63.7 Å². The van der Waals surface area contributed by atoms with Crippen molar-refractivity contribution in [2.75, 3.05) is 18.9 Å². The zero-order valence-electron chi connectivity index (χ0n) is 34.3. The quantitative estimate of drug-likeness (QED) is 0.104. The van der Waals surface area contributed by atoms with Crippen molar-refractivity contribution in [3.63, 3.8) is 0 Å². The molecule has 0 aliphatic carbocycles. The highest BCUT2D eigenvalue weighted by Gasteiger charge is 2.37. The number of aryl methyl sites for hydroxylation is 1. The molecule has 11 nitrogen and oxygen atoms in total. The van der Waals surface area contributed by atoms with E-state index >= 15 is 0 Å². The van der Waals surface area contributed by atoms with Gasteiger partial charge in [0.2, 0.25) is 5.91 Å². The van der Waals surface area contributed by atoms with Crippen molar-refractivity contribution in [3.8, 4) is 28.7 Å². The standard InChI is InChI=1S/C49H48ClN5O6/c1-30-31(2)52-22-20-44(30)60-40-14-9-33(10-15-40)19-21-53-48(56)43-24-37-25-45-46(26-38(37)27-55(43)49(57)54-32(3)35-7-5-4-6-8-35)61-47(29-59-45)36-12-16-39(17-13-36)58-28-34-11-18-42(51)41(50)23-34/h4-18,20,22-23,25-26,32,43,47H,19,21,24,27-29,51H2,1-3H3,(H,53,56)(H,54,57)/t32?,43-,47+/m0/s1. The Labute approximate surface area is 360 Å². The van der Waals surface area contributed by atoms with Gasteiger partial charge in [0.25, 0.3) is 0 Å². The number of amides is 3. The molecule has 4 N–H and O–H groups in total. The topological polar surface area (TPSA) is 137 Å². The summed E-state index contributed by atoms with van der Waals surface area (Å²) in [6.45, 7) is 7.15. The summed E-state index contributed by atoms with van der Waals surface area (Å²) >= 11 is 6.17. The molecule has 12 heteroatoms. The third-order valence-electron chi connectivity index (χ3n) is 11.3. The van der Waals surface area contributed by atoms with Crippen LogP contribution in [0.5, 0.6) is 28.7 Å². The highest BCUT2D eigenvalue weighted by Crippen LogP contribution is 2.41. The van der Waals surface area contributed by atoms with Gasteiger partial charge >= 0.3 is 6.03 Å². The first-order valence-electron chi connectivity index (χ1n) is 20.4. The molecule has 3 amide bonds. The number of hydrogen-bond acceptors (Lipinski definition) is 8. The zero-order valence-corrected chi connectivity index (χ0v) is 35.1. The largest absolute Gasteiger partial charge is 0.489 e. The Kier molecular flexibility index (Phi) is 12.3. The minimum absolute atomic E-state index is 0.214. The van der Waals surface area contributed by atoms with E-state index < -0.39 is 6.04 Å². The van der Waals surface area contributed by atoms with Gasteiger partial charge in [0.1, 0.15) is 36.5 Å². The number of anilines is 1. The number of aromatic nitrogens is 1. The lowest BCUT2D eigenvalue weighted by Crippen LogP contribution is -2.55. The maximum absolute atomic E-state index is 14.1. The fraction of sp³-hybridized carbons (Fsp3) is 0.245. The second kappa shape index (κ2) is 18.3. The highest BCUT2D eigenvalue weighted by molar-refractivity contribution is 6.33. The van der Waals surface area contributed by atoms with Crippen molar-refractivity contribution in [2.45, 2.75) is 65.0 Å². The monoisotopic (exact) mass is 837 g/mol. The van der Waals surface area contributed by atoms with Crippen LogP contribution in [-0.2, 0) is 30.8 Å². The second-order valence-corrected chi connectivity index (χ2v) is 15.8. The summed E-state index contributed by atoms with van der Waals surface area (Å²) < 4.78 is 24.8. The van der Waals surface area contributed by atoms with E-state index in [-0.39, 0.29) is 30.6 Å². The third-order valence-corrected chi connectivity index (χ3v) is 11.6. The lowest BCUT2D eigenvalue weighted by atomic mass is 9.92. The summed E-state index contributed by atoms with van der Waals surface area (Å²) in [6, 6.07) is 35.1. The number of nitrogens with one attached hydrogen (secondary N) is 2. The molecule has 0 saturated carbocycles. The summed E-state index contributed by atoms with van der Waals surface area (Å²) in [5.74, 6) is 3.15. The SMILES string of the molecule is Cc1nccc(Oc2ccc(CCNC(=O)[C@@H]3Cc4cc5c(cc4CN3C(=O)NC(C)c3ccccc3)O[C@@H](c3ccc(OCc4ccc(N)c(Cl)c4)cc3)CO5)cc2)c1C. The van der Waals surface area contributed by atoms with E-state index in [1.54, 1.807) is 23.2 Å². The van der Waals surface area contributed by atoms with Gasteiger partial charge in [-0.05, 0) is 115 Å². The van der Waals surface area contributed by atoms with Crippen LogP contribution < -0.4 is 35.3 Å². The third kappa shape index (κ3) is 9.68. The fourth-order valence-electron chi connectivity index (χ4n) is 7.49. The van der Waals surface area contributed by atoms with Crippen LogP contribution in [0, 0.1) is 13.8 Å². The fourth-order valence-corrected chi connectivity index (χ4v) is 7.69. The molecule has 0 spiro atoms. The first-order chi connectivity index (χ1) is 29.6. The van der Waals surface area contributed by atoms with Crippen LogP contribution in [-0.4, -0.2) is 41.0 Å². The van der Waals surface area contributed by atoms with Crippen molar-refractivity contribution in [3.05, 3.63) is 171 Å². The van der Waals surface area contributed by atoms with Gasteiger partial charge < -0.3 is 40.2 Å². The first-order valence-corrected chi connectivity index (χ1v) is 20.8. The van der Waals surface area contributed by atoms with Gasteiger partial charge in [0.05, 0.1) is 16.8 Å². The molecular formula is C49H48ClN5O6. The number of benzene rings is 5. The molecule has 5 aromatic carbocycles. The highest BCUT2D eigenvalue weighted by atomic mass is 35.5. The Morgan fingerprint density at radius 3 is 2.41 bits per heavy atom. The summed E-state index contributed by atoms with van der Waals surface area (Å²) in [6.07, 6.45) is 2.30. The van der Waals surface area contributed by atoms with Crippen LogP contribution in [0.3, 0.4) is 0 Å². The average Bonchev–Trinajstić information content (AvgIpc) is 3.28. The lowest BCUT2D eigenvalue weighted by Gasteiger charge is -2.37. The van der Waals surface area contributed by atoms with E-state index in [2.05, 4.69) is 15.6 Å². The first kappa shape index (κ1) is 41.0. The second-order valence-electron chi connectivity index (χ2n) is 15.4. The molecule has 0 radical (unpaired) electrons. The number of halogens is 1. The van der Waals surface area contributed by atoms with Gasteiger partial charge in [0, 0.05) is 37.0 Å². The normalized spacial score (nSPS) is 15.9. The number of hydrogen-bond donors (Lipinski definition) is 3. The summed E-state index contributed by atoms with van der Waals surface area (Å²) in [5, 5.41) is 6.73. The molecule has 3 atom stereocenters. The van der Waals surface area contributed by atoms with Gasteiger partial charge in [-0.25, -0.2) is 4.79 Å². The van der Waals surface area contributed by atoms with Gasteiger partial charge in [0.15, 0.2) is 17.6 Å². The number of nitrogen functional groups attached to an aromatic ring is 1. The molecule has 1 aromatic heterocycles. The van der Waals surface area contributed by atoms with E-state index in [0.717, 1.165) is 56.1 Å². The molecule has 8 rings (SSSR count). The maximum Gasteiger partial charge on any atom is 0.318 e. The van der Waals surface area contributed by atoms with Gasteiger partial charge in [-0.2, -0.15) is 0 Å². The van der Waals surface area contributed by atoms with Crippen molar-refractivity contribution in [1.82, 2.24) is 20.5 Å². The molecule has 0 bridgehead atoms. The molecule has 61 heavy (non-hydrogen) atoms. The van der Waals surface area contributed by atoms with Crippen molar-refractivity contribution in [2.24, 2.45) is 0 Å². The molecule has 3 heterocycles. The number of rotatable bonds is 12. The number of fused-ring (bicyclic) bond motifs is 2. The van der Waals surface area contributed by atoms with Crippen LogP contribution >= 0.6 is 11.6 Å². The zero-order chi connectivity index (χ0) is 42.5. The van der Waals surface area contributed by atoms with Gasteiger partial charge in [-0.1, -0.05) is 72.3 Å². The number of carbonyl (C=O) groups excluding carboxylic acids is 2. The van der Waals surface area contributed by atoms with Crippen molar-refractivity contribution in [1.29, 1.82) is 0 Å². The lowest BCUT2D eigenvalue weighted by molar-refractivity contribution is -0.125. The van der Waals surface area contributed by atoms with E-state index in [1.165, 1.54) is 0 Å². The van der Waals surface area contributed by atoms with Gasteiger partial charge in [-0.15, -0.1) is 0 Å². The summed E-state index contributed by atoms with van der Waals surface area (Å²) in [7, 11) is 0. The molecule has 6 aromatic rings. The summed E-state index contributed by atoms with van der Waals surface area (Å²) in [5.41, 5.74) is 14.0. The minimum Gasteiger partial charge on any atom is -0.489 e. The predicted molar refractivity (Wildman–Crippen MR) is 235 cm³/mol. The Bertz CT molecular complexity index is 2520. The van der Waals surface area contributed by atoms with Crippen LogP contribution in [0.4, 0.5) is 10.5 Å². The molecular weight excluding hydrogens is 790 g/mol. The maximum atomic E-state index is 14.1. The Hall–Kier alpha value is -6.72. The molecule has 312 valence electrons. The van der Waals surface area contributed by atoms with Crippen LogP contribution in [0.25, 0.3) is 0 Å². The Morgan fingerprint density at radius 2 is 1.64 bits per heavy atom. The van der Waals surface area contributed by atoms with Crippen LogP contribution in [0.15, 0.2) is 121 Å². The number of carbonyl (C=O) groups is 2. The Balaban J connectivity index is 0.933. The molecule has 0 fully saturated rings. The summed E-state index contributed by atoms with van der Waals surface area (Å²) in [4.78, 5) is 34.0. The average molecular weight is 838 g/mol. The number of urea groups is 1. The molecule has 2 aliphatic heterocycles.